The van der Waals surface area contributed by atoms with Crippen LogP contribution in [0.5, 0.6) is 0 Å². The number of aromatic nitrogens is 2. The molecule has 0 fully saturated rings. The van der Waals surface area contributed by atoms with E-state index < -0.39 is 0 Å². The van der Waals surface area contributed by atoms with Crippen molar-refractivity contribution in [1.82, 2.24) is 9.97 Å². The molecule has 12 rings (SSSR count). The van der Waals surface area contributed by atoms with Gasteiger partial charge in [-0.2, -0.15) is 0 Å². The second-order valence-electron chi connectivity index (χ2n) is 16.6. The van der Waals surface area contributed by atoms with E-state index in [1.807, 2.05) is 30.3 Å². The Morgan fingerprint density at radius 3 is 1.60 bits per heavy atom. The number of hydrogen-bond acceptors (Lipinski definition) is 3. The van der Waals surface area contributed by atoms with Crippen molar-refractivity contribution in [2.24, 2.45) is 0 Å². The van der Waals surface area contributed by atoms with Crippen LogP contribution < -0.4 is 0 Å². The van der Waals surface area contributed by atoms with Gasteiger partial charge in [0.05, 0.1) is 11.4 Å². The fourth-order valence-electron chi connectivity index (χ4n) is 9.78. The Bertz CT molecular complexity index is 3520. The first-order valence-corrected chi connectivity index (χ1v) is 21.6. The van der Waals surface area contributed by atoms with Gasteiger partial charge in [-0.05, 0) is 111 Å². The van der Waals surface area contributed by atoms with Gasteiger partial charge in [-0.3, -0.25) is 0 Å². The van der Waals surface area contributed by atoms with Crippen LogP contribution >= 0.6 is 0 Å². The molecule has 0 amide bonds. The lowest BCUT2D eigenvalue weighted by molar-refractivity contribution is 0.669. The number of para-hydroxylation sites is 1. The number of furan rings is 1. The maximum absolute atomic E-state index is 6.15. The van der Waals surface area contributed by atoms with Gasteiger partial charge in [0, 0.05) is 32.9 Å². The van der Waals surface area contributed by atoms with E-state index in [1.165, 1.54) is 44.5 Å². The normalized spacial score (nSPS) is 14.2. The summed E-state index contributed by atoms with van der Waals surface area (Å²) in [6.45, 7) is 2.39. The quantitative estimate of drug-likeness (QED) is 0.161. The lowest BCUT2D eigenvalue weighted by Crippen LogP contribution is -2.22. The molecule has 1 unspecified atom stereocenters. The predicted octanol–water partition coefficient (Wildman–Crippen LogP) is 15.7. The van der Waals surface area contributed by atoms with Crippen molar-refractivity contribution in [1.29, 1.82) is 0 Å². The molecule has 9 aromatic carbocycles. The van der Waals surface area contributed by atoms with Crippen molar-refractivity contribution < 1.29 is 4.42 Å². The van der Waals surface area contributed by atoms with Gasteiger partial charge in [0.15, 0.2) is 5.82 Å². The zero-order chi connectivity index (χ0) is 41.9. The number of benzene rings is 9. The van der Waals surface area contributed by atoms with Crippen molar-refractivity contribution in [3.63, 3.8) is 0 Å². The fraction of sp³-hybridized carbons (Fsp3) is 0.0333. The highest BCUT2D eigenvalue weighted by Crippen LogP contribution is 2.56. The standard InChI is InChI=1S/C60H40N2O/c1-60(47-24-9-4-10-25-47)52-28-15-27-48(39-16-5-2-6-17-39)58(52)50-32-30-44(37-53(50)60)42-21-14-23-46(35-42)55-38-54(61-59(62-55)40-18-7-3-8-19-40)45-22-13-20-41(34-45)43-31-33-57-51(36-43)49-26-11-12-29-56(49)63-57/h2-38H,1H3. The Labute approximate surface area is 366 Å². The van der Waals surface area contributed by atoms with E-state index in [2.05, 4.69) is 201 Å². The number of nitrogens with zero attached hydrogens (tertiary/aromatic N) is 2. The van der Waals surface area contributed by atoms with Crippen LogP contribution in [0.2, 0.25) is 0 Å². The van der Waals surface area contributed by atoms with Gasteiger partial charge in [-0.25, -0.2) is 9.97 Å². The molecule has 0 N–H and O–H groups in total. The molecule has 0 bridgehead atoms. The van der Waals surface area contributed by atoms with Gasteiger partial charge in [-0.1, -0.05) is 182 Å². The minimum absolute atomic E-state index is 0.344. The zero-order valence-electron chi connectivity index (χ0n) is 34.7. The molecule has 1 aliphatic rings. The van der Waals surface area contributed by atoms with Gasteiger partial charge in [0.25, 0.3) is 0 Å². The SMILES string of the molecule is CC1(c2ccccc2)c2cc(-c3cccc(-c4cc(-c5cccc(-c6ccc7oc8ccccc8c7c6)c5)nc(-c5ccccc5)n4)c3)ccc2-c2c(-c3ccccc3)cccc21. The predicted molar refractivity (Wildman–Crippen MR) is 259 cm³/mol. The van der Waals surface area contributed by atoms with Crippen molar-refractivity contribution >= 4 is 21.9 Å². The van der Waals surface area contributed by atoms with Gasteiger partial charge in [-0.15, -0.1) is 0 Å². The van der Waals surface area contributed by atoms with Crippen molar-refractivity contribution in [2.45, 2.75) is 12.3 Å². The molecule has 3 heteroatoms. The van der Waals surface area contributed by atoms with E-state index in [0.717, 1.165) is 66.7 Å². The third kappa shape index (κ3) is 6.20. The first kappa shape index (κ1) is 36.7. The monoisotopic (exact) mass is 804 g/mol. The summed E-state index contributed by atoms with van der Waals surface area (Å²) in [5, 5.41) is 2.23. The molecule has 0 radical (unpaired) electrons. The summed E-state index contributed by atoms with van der Waals surface area (Å²) in [4.78, 5) is 10.4. The topological polar surface area (TPSA) is 38.9 Å². The summed E-state index contributed by atoms with van der Waals surface area (Å²) in [5.41, 5.74) is 19.7. The average molecular weight is 805 g/mol. The lowest BCUT2D eigenvalue weighted by Gasteiger charge is -2.29. The van der Waals surface area contributed by atoms with E-state index in [4.69, 9.17) is 14.4 Å². The van der Waals surface area contributed by atoms with Crippen LogP contribution in [0, 0.1) is 0 Å². The molecular formula is C60H40N2O. The van der Waals surface area contributed by atoms with Crippen LogP contribution in [-0.4, -0.2) is 9.97 Å². The van der Waals surface area contributed by atoms with E-state index >= 15 is 0 Å². The Morgan fingerprint density at radius 1 is 0.349 bits per heavy atom. The van der Waals surface area contributed by atoms with Crippen LogP contribution in [-0.2, 0) is 5.41 Å². The fourth-order valence-corrected chi connectivity index (χ4v) is 9.78. The number of fused-ring (bicyclic) bond motifs is 6. The first-order valence-electron chi connectivity index (χ1n) is 21.6. The summed E-state index contributed by atoms with van der Waals surface area (Å²) in [6.07, 6.45) is 0. The number of rotatable bonds is 7. The molecule has 2 heterocycles. The highest BCUT2D eigenvalue weighted by atomic mass is 16.3. The van der Waals surface area contributed by atoms with Gasteiger partial charge in [0.1, 0.15) is 11.2 Å². The molecule has 1 aliphatic carbocycles. The van der Waals surface area contributed by atoms with E-state index in [1.54, 1.807) is 0 Å². The summed E-state index contributed by atoms with van der Waals surface area (Å²) in [5.74, 6) is 0.688. The van der Waals surface area contributed by atoms with Crippen LogP contribution in [0.4, 0.5) is 0 Å². The first-order chi connectivity index (χ1) is 31.1. The van der Waals surface area contributed by atoms with Gasteiger partial charge < -0.3 is 4.42 Å². The lowest BCUT2D eigenvalue weighted by atomic mass is 9.73. The van der Waals surface area contributed by atoms with Crippen LogP contribution in [0.3, 0.4) is 0 Å². The summed E-state index contributed by atoms with van der Waals surface area (Å²) >= 11 is 0. The molecule has 2 aromatic heterocycles. The van der Waals surface area contributed by atoms with E-state index in [0.29, 0.717) is 5.82 Å². The van der Waals surface area contributed by atoms with Crippen molar-refractivity contribution in [3.05, 3.63) is 241 Å². The molecule has 0 aliphatic heterocycles. The average Bonchev–Trinajstić information content (AvgIpc) is 3.87. The van der Waals surface area contributed by atoms with E-state index in [9.17, 15) is 0 Å². The van der Waals surface area contributed by atoms with Gasteiger partial charge in [0.2, 0.25) is 0 Å². The molecule has 296 valence electrons. The molecule has 1 atom stereocenters. The summed E-state index contributed by atoms with van der Waals surface area (Å²) < 4.78 is 6.15. The Morgan fingerprint density at radius 2 is 0.889 bits per heavy atom. The maximum atomic E-state index is 6.15. The molecule has 0 saturated carbocycles. The molecule has 11 aromatic rings. The molecule has 0 saturated heterocycles. The second-order valence-corrected chi connectivity index (χ2v) is 16.6. The largest absolute Gasteiger partial charge is 0.456 e. The minimum Gasteiger partial charge on any atom is -0.456 e. The van der Waals surface area contributed by atoms with Crippen molar-refractivity contribution in [3.8, 4) is 78.4 Å². The smallest absolute Gasteiger partial charge is 0.160 e. The summed E-state index contributed by atoms with van der Waals surface area (Å²) in [7, 11) is 0. The van der Waals surface area contributed by atoms with E-state index in [-0.39, 0.29) is 5.41 Å². The zero-order valence-corrected chi connectivity index (χ0v) is 34.7. The molecule has 3 nitrogen and oxygen atoms in total. The Hall–Kier alpha value is -8.14. The molecule has 0 spiro atoms. The van der Waals surface area contributed by atoms with Crippen LogP contribution in [0.15, 0.2) is 229 Å². The van der Waals surface area contributed by atoms with Crippen molar-refractivity contribution in [2.75, 3.05) is 0 Å². The maximum Gasteiger partial charge on any atom is 0.160 e. The minimum atomic E-state index is -0.344. The summed E-state index contributed by atoms with van der Waals surface area (Å²) in [6, 6.07) is 80.1. The Kier molecular flexibility index (Phi) is 8.62. The van der Waals surface area contributed by atoms with Crippen LogP contribution in [0.25, 0.3) is 100 Å². The van der Waals surface area contributed by atoms with Gasteiger partial charge >= 0.3 is 0 Å². The third-order valence-corrected chi connectivity index (χ3v) is 13.0. The second kappa shape index (κ2) is 14.8. The highest BCUT2D eigenvalue weighted by molar-refractivity contribution is 6.06. The Balaban J connectivity index is 0.968. The van der Waals surface area contributed by atoms with Crippen LogP contribution in [0.1, 0.15) is 23.6 Å². The molecular weight excluding hydrogens is 765 g/mol. The highest BCUT2D eigenvalue weighted by Gasteiger charge is 2.42. The molecule has 63 heavy (non-hydrogen) atoms. The number of hydrogen-bond donors (Lipinski definition) is 0. The third-order valence-electron chi connectivity index (χ3n) is 13.0.